The van der Waals surface area contributed by atoms with Crippen LogP contribution in [0.15, 0.2) is 65.6 Å². The number of hydrogen-bond acceptors (Lipinski definition) is 3. The maximum atomic E-state index is 12.6. The van der Waals surface area contributed by atoms with E-state index in [1.807, 2.05) is 6.92 Å². The van der Waals surface area contributed by atoms with E-state index in [2.05, 4.69) is 10.0 Å². The highest BCUT2D eigenvalue weighted by atomic mass is 35.5. The summed E-state index contributed by atoms with van der Waals surface area (Å²) >= 11 is 17.9. The van der Waals surface area contributed by atoms with Gasteiger partial charge >= 0.3 is 0 Å². The summed E-state index contributed by atoms with van der Waals surface area (Å²) in [5.41, 5.74) is 2.59. The van der Waals surface area contributed by atoms with Crippen molar-refractivity contribution in [2.45, 2.75) is 18.2 Å². The first-order chi connectivity index (χ1) is 14.2. The van der Waals surface area contributed by atoms with Crippen molar-refractivity contribution >= 4 is 62.1 Å². The number of carbonyl (C=O) groups excluding carboxylic acids is 1. The Bertz CT molecular complexity index is 1180. The molecule has 0 fully saturated rings. The zero-order valence-electron chi connectivity index (χ0n) is 15.7. The summed E-state index contributed by atoms with van der Waals surface area (Å²) in [6.45, 7) is 1.85. The first-order valence-electron chi connectivity index (χ1n) is 8.77. The molecule has 1 amide bonds. The second kappa shape index (κ2) is 9.27. The van der Waals surface area contributed by atoms with Crippen molar-refractivity contribution in [1.82, 2.24) is 0 Å². The molecule has 0 unspecified atom stereocenters. The minimum atomic E-state index is -3.96. The topological polar surface area (TPSA) is 75.3 Å². The number of hydrogen-bond donors (Lipinski definition) is 2. The maximum Gasteiger partial charge on any atom is 0.264 e. The molecule has 9 heteroatoms. The highest BCUT2D eigenvalue weighted by Gasteiger charge is 2.21. The van der Waals surface area contributed by atoms with Gasteiger partial charge in [-0.3, -0.25) is 9.52 Å². The highest BCUT2D eigenvalue weighted by Crippen LogP contribution is 2.30. The van der Waals surface area contributed by atoms with Crippen LogP contribution in [0.4, 0.5) is 11.4 Å². The maximum absolute atomic E-state index is 12.6. The fourth-order valence-electron chi connectivity index (χ4n) is 2.78. The van der Waals surface area contributed by atoms with Crippen molar-refractivity contribution in [3.63, 3.8) is 0 Å². The average Bonchev–Trinajstić information content (AvgIpc) is 2.65. The van der Waals surface area contributed by atoms with E-state index in [4.69, 9.17) is 34.8 Å². The molecular weight excluding hydrogens is 467 g/mol. The molecule has 3 aromatic rings. The Morgan fingerprint density at radius 2 is 1.57 bits per heavy atom. The van der Waals surface area contributed by atoms with Crippen molar-refractivity contribution in [3.8, 4) is 0 Å². The molecule has 3 aromatic carbocycles. The monoisotopic (exact) mass is 482 g/mol. The lowest BCUT2D eigenvalue weighted by molar-refractivity contribution is -0.115. The molecule has 0 heterocycles. The van der Waals surface area contributed by atoms with Gasteiger partial charge in [-0.1, -0.05) is 53.0 Å². The molecule has 0 aliphatic heterocycles. The predicted octanol–water partition coefficient (Wildman–Crippen LogP) is 5.94. The summed E-state index contributed by atoms with van der Waals surface area (Å²) in [7, 11) is -3.96. The van der Waals surface area contributed by atoms with Gasteiger partial charge in [0.25, 0.3) is 10.0 Å². The Morgan fingerprint density at radius 1 is 0.933 bits per heavy atom. The average molecular weight is 484 g/mol. The zero-order valence-corrected chi connectivity index (χ0v) is 18.8. The third-order valence-corrected chi connectivity index (χ3v) is 6.79. The van der Waals surface area contributed by atoms with Gasteiger partial charge in [-0.25, -0.2) is 8.42 Å². The summed E-state index contributed by atoms with van der Waals surface area (Å²) in [6, 6.07) is 16.2. The molecule has 0 bridgehead atoms. The molecule has 0 atom stereocenters. The molecule has 3 rings (SSSR count). The molecule has 0 radical (unpaired) electrons. The van der Waals surface area contributed by atoms with Crippen molar-refractivity contribution in [2.75, 3.05) is 10.0 Å². The Labute approximate surface area is 190 Å². The van der Waals surface area contributed by atoms with Crippen molar-refractivity contribution in [3.05, 3.63) is 86.9 Å². The molecule has 2 N–H and O–H groups in total. The lowest BCUT2D eigenvalue weighted by Crippen LogP contribution is -2.16. The molecule has 156 valence electrons. The highest BCUT2D eigenvalue weighted by molar-refractivity contribution is 7.93. The number of halogens is 3. The van der Waals surface area contributed by atoms with Gasteiger partial charge in [-0.2, -0.15) is 0 Å². The summed E-state index contributed by atoms with van der Waals surface area (Å²) < 4.78 is 27.7. The van der Waals surface area contributed by atoms with E-state index >= 15 is 0 Å². The van der Waals surface area contributed by atoms with Gasteiger partial charge in [0.15, 0.2) is 0 Å². The molecule has 0 spiro atoms. The third kappa shape index (κ3) is 5.46. The van der Waals surface area contributed by atoms with Crippen LogP contribution in [0.5, 0.6) is 0 Å². The van der Waals surface area contributed by atoms with Crippen molar-refractivity contribution in [1.29, 1.82) is 0 Å². The quantitative estimate of drug-likeness (QED) is 0.456. The summed E-state index contributed by atoms with van der Waals surface area (Å²) in [5, 5.41) is 3.49. The SMILES string of the molecule is Cc1cc(Cl)ccc1NC(=O)Cc1ccc(NS(=O)(=O)c2c(Cl)cccc2Cl)cc1. The standard InChI is InChI=1S/C21H17Cl3N2O3S/c1-13-11-15(22)7-10-19(13)25-20(27)12-14-5-8-16(9-6-14)26-30(28,29)21-17(23)3-2-4-18(21)24/h2-11,26H,12H2,1H3,(H,25,27). The van der Waals surface area contributed by atoms with Gasteiger partial charge in [0.1, 0.15) is 4.90 Å². The molecule has 30 heavy (non-hydrogen) atoms. The largest absolute Gasteiger partial charge is 0.326 e. The number of anilines is 2. The summed E-state index contributed by atoms with van der Waals surface area (Å²) in [6.07, 6.45) is 0.130. The number of benzene rings is 3. The number of amides is 1. The zero-order chi connectivity index (χ0) is 21.9. The fraction of sp³-hybridized carbons (Fsp3) is 0.0952. The molecule has 0 aromatic heterocycles. The number of nitrogens with one attached hydrogen (secondary N) is 2. The summed E-state index contributed by atoms with van der Waals surface area (Å²) in [5.74, 6) is -0.198. The minimum absolute atomic E-state index is 0.0285. The van der Waals surface area contributed by atoms with Crippen LogP contribution in [-0.2, 0) is 21.2 Å². The van der Waals surface area contributed by atoms with E-state index in [1.165, 1.54) is 12.1 Å². The first-order valence-corrected chi connectivity index (χ1v) is 11.4. The van der Waals surface area contributed by atoms with Crippen LogP contribution in [0.3, 0.4) is 0 Å². The smallest absolute Gasteiger partial charge is 0.264 e. The van der Waals surface area contributed by atoms with Gasteiger partial charge < -0.3 is 5.32 Å². The number of aryl methyl sites for hydroxylation is 1. The van der Waals surface area contributed by atoms with Gasteiger partial charge in [0.2, 0.25) is 5.91 Å². The third-order valence-electron chi connectivity index (χ3n) is 4.22. The van der Waals surface area contributed by atoms with Crippen LogP contribution in [0.25, 0.3) is 0 Å². The van der Waals surface area contributed by atoms with E-state index in [-0.39, 0.29) is 27.3 Å². The lowest BCUT2D eigenvalue weighted by atomic mass is 10.1. The Hall–Kier alpha value is -2.25. The molecule has 0 saturated heterocycles. The normalized spacial score (nSPS) is 11.2. The lowest BCUT2D eigenvalue weighted by Gasteiger charge is -2.12. The Morgan fingerprint density at radius 3 is 2.17 bits per heavy atom. The van der Waals surface area contributed by atoms with E-state index in [0.717, 1.165) is 11.1 Å². The van der Waals surface area contributed by atoms with Gasteiger partial charge in [0, 0.05) is 16.4 Å². The summed E-state index contributed by atoms with van der Waals surface area (Å²) in [4.78, 5) is 12.1. The van der Waals surface area contributed by atoms with Crippen LogP contribution >= 0.6 is 34.8 Å². The molecule has 0 saturated carbocycles. The Kier molecular flexibility index (Phi) is 6.93. The number of sulfonamides is 1. The molecular formula is C21H17Cl3N2O3S. The molecule has 0 aliphatic carbocycles. The fourth-order valence-corrected chi connectivity index (χ4v) is 5.21. The van der Waals surface area contributed by atoms with Crippen molar-refractivity contribution in [2.24, 2.45) is 0 Å². The van der Waals surface area contributed by atoms with Crippen LogP contribution < -0.4 is 10.0 Å². The van der Waals surface area contributed by atoms with E-state index < -0.39 is 10.0 Å². The Balaban J connectivity index is 1.68. The van der Waals surface area contributed by atoms with Crippen LogP contribution in [-0.4, -0.2) is 14.3 Å². The van der Waals surface area contributed by atoms with Gasteiger partial charge in [0.05, 0.1) is 16.5 Å². The molecule has 5 nitrogen and oxygen atoms in total. The number of rotatable bonds is 6. The van der Waals surface area contributed by atoms with Gasteiger partial charge in [-0.15, -0.1) is 0 Å². The second-order valence-electron chi connectivity index (χ2n) is 6.54. The minimum Gasteiger partial charge on any atom is -0.326 e. The second-order valence-corrected chi connectivity index (χ2v) is 9.41. The van der Waals surface area contributed by atoms with E-state index in [1.54, 1.807) is 48.5 Å². The van der Waals surface area contributed by atoms with Gasteiger partial charge in [-0.05, 0) is 60.5 Å². The van der Waals surface area contributed by atoms with E-state index in [0.29, 0.717) is 16.4 Å². The van der Waals surface area contributed by atoms with Crippen LogP contribution in [0.1, 0.15) is 11.1 Å². The van der Waals surface area contributed by atoms with Crippen molar-refractivity contribution < 1.29 is 13.2 Å². The van der Waals surface area contributed by atoms with Crippen LogP contribution in [0.2, 0.25) is 15.1 Å². The van der Waals surface area contributed by atoms with E-state index in [9.17, 15) is 13.2 Å². The molecule has 0 aliphatic rings. The first kappa shape index (κ1) is 22.4. The predicted molar refractivity (Wildman–Crippen MR) is 122 cm³/mol. The van der Waals surface area contributed by atoms with Crippen LogP contribution in [0, 0.1) is 6.92 Å². The number of carbonyl (C=O) groups is 1.